The van der Waals surface area contributed by atoms with Crippen LogP contribution in [-0.4, -0.2) is 86.5 Å². The fourth-order valence-corrected chi connectivity index (χ4v) is 2.47. The molecule has 0 unspecified atom stereocenters. The number of hydrogen-bond donors (Lipinski definition) is 5. The van der Waals surface area contributed by atoms with Gasteiger partial charge in [-0.2, -0.15) is 0 Å². The molecule has 0 amide bonds. The molecule has 0 aromatic carbocycles. The maximum absolute atomic E-state index is 11.9. The lowest BCUT2D eigenvalue weighted by molar-refractivity contribution is -0.310. The van der Waals surface area contributed by atoms with Crippen molar-refractivity contribution in [3.8, 4) is 0 Å². The summed E-state index contributed by atoms with van der Waals surface area (Å²) in [5.74, 6) is -2.30. The van der Waals surface area contributed by atoms with Gasteiger partial charge in [0.2, 0.25) is 0 Å². The Morgan fingerprint density at radius 3 is 2.28 bits per heavy atom. The van der Waals surface area contributed by atoms with Gasteiger partial charge in [0.05, 0.1) is 31.2 Å². The van der Waals surface area contributed by atoms with Gasteiger partial charge in [-0.1, -0.05) is 0 Å². The number of esters is 1. The van der Waals surface area contributed by atoms with E-state index in [9.17, 15) is 30.0 Å². The van der Waals surface area contributed by atoms with Crippen molar-refractivity contribution in [1.82, 2.24) is 0 Å². The van der Waals surface area contributed by atoms with E-state index in [1.165, 1.54) is 0 Å². The average Bonchev–Trinajstić information content (AvgIpc) is 2.44. The molecule has 0 aliphatic carbocycles. The summed E-state index contributed by atoms with van der Waals surface area (Å²) in [5.41, 5.74) is -1.85. The predicted octanol–water partition coefficient (Wildman–Crippen LogP) is -1.62. The second-order valence-corrected chi connectivity index (χ2v) is 6.59. The zero-order chi connectivity index (χ0) is 19.4. The molecule has 0 aromatic rings. The first kappa shape index (κ1) is 21.7. The summed E-state index contributed by atoms with van der Waals surface area (Å²) >= 11 is 0. The molecule has 0 spiro atoms. The van der Waals surface area contributed by atoms with Crippen LogP contribution in [0, 0.1) is 0 Å². The van der Waals surface area contributed by atoms with Crippen LogP contribution in [0.4, 0.5) is 0 Å². The number of aliphatic hydroxyl groups excluding tert-OH is 3. The number of aliphatic hydroxyl groups is 4. The molecule has 1 aliphatic heterocycles. The summed E-state index contributed by atoms with van der Waals surface area (Å²) in [5, 5.41) is 48.1. The zero-order valence-electron chi connectivity index (χ0n) is 14.4. The van der Waals surface area contributed by atoms with Gasteiger partial charge >= 0.3 is 11.9 Å². The van der Waals surface area contributed by atoms with Gasteiger partial charge in [-0.05, 0) is 20.8 Å². The molecule has 1 aliphatic rings. The largest absolute Gasteiger partial charge is 0.481 e. The number of aliphatic carboxylic acids is 1. The Hall–Kier alpha value is -1.30. The normalized spacial score (nSPS) is 32.2. The Morgan fingerprint density at radius 2 is 1.80 bits per heavy atom. The lowest BCUT2D eigenvalue weighted by atomic mass is 9.97. The van der Waals surface area contributed by atoms with Gasteiger partial charge in [-0.15, -0.1) is 0 Å². The lowest BCUT2D eigenvalue weighted by Gasteiger charge is -2.42. The molecule has 1 heterocycles. The van der Waals surface area contributed by atoms with E-state index in [4.69, 9.17) is 19.3 Å². The summed E-state index contributed by atoms with van der Waals surface area (Å²) in [6, 6.07) is 0. The molecule has 1 fully saturated rings. The Labute approximate surface area is 144 Å². The molecule has 0 radical (unpaired) electrons. The van der Waals surface area contributed by atoms with Crippen molar-refractivity contribution in [1.29, 1.82) is 0 Å². The molecular weight excluding hydrogens is 340 g/mol. The van der Waals surface area contributed by atoms with Gasteiger partial charge in [-0.25, -0.2) is 0 Å². The maximum Gasteiger partial charge on any atom is 0.309 e. The quantitative estimate of drug-likeness (QED) is 0.315. The van der Waals surface area contributed by atoms with Crippen molar-refractivity contribution >= 4 is 11.9 Å². The van der Waals surface area contributed by atoms with E-state index in [0.717, 1.165) is 6.92 Å². The van der Waals surface area contributed by atoms with Gasteiger partial charge in [0, 0.05) is 0 Å². The Bertz CT molecular complexity index is 461. The highest BCUT2D eigenvalue weighted by molar-refractivity contribution is 5.74. The van der Waals surface area contributed by atoms with Crippen molar-refractivity contribution in [2.75, 3.05) is 6.61 Å². The highest BCUT2D eigenvalue weighted by Gasteiger charge is 2.47. The van der Waals surface area contributed by atoms with Crippen molar-refractivity contribution in [3.05, 3.63) is 0 Å². The maximum atomic E-state index is 11.9. The predicted molar refractivity (Wildman–Crippen MR) is 81.4 cm³/mol. The van der Waals surface area contributed by atoms with Crippen LogP contribution in [0.15, 0.2) is 0 Å². The number of ether oxygens (including phenoxy) is 3. The van der Waals surface area contributed by atoms with Crippen molar-refractivity contribution in [3.63, 3.8) is 0 Å². The first-order valence-corrected chi connectivity index (χ1v) is 7.88. The standard InChI is InChI=1S/C15H26O10/c1-7(2)23-14-12(21)11(20)13(8(6-16)24-14)25-10(19)5-15(3,22)4-9(17)18/h7-8,11-14,16,20-22H,4-6H2,1-3H3,(H,17,18)/t8-,11-,12-,13+,14+,15+/m0/s1. The molecule has 1 rings (SSSR count). The van der Waals surface area contributed by atoms with E-state index in [0.29, 0.717) is 0 Å². The monoisotopic (exact) mass is 366 g/mol. The number of rotatable bonds is 8. The molecule has 6 atom stereocenters. The van der Waals surface area contributed by atoms with Crippen molar-refractivity contribution < 1.29 is 49.3 Å². The van der Waals surface area contributed by atoms with Crippen molar-refractivity contribution in [2.24, 2.45) is 0 Å². The zero-order valence-corrected chi connectivity index (χ0v) is 14.4. The van der Waals surface area contributed by atoms with Crippen LogP contribution in [0.1, 0.15) is 33.6 Å². The second kappa shape index (κ2) is 8.88. The lowest BCUT2D eigenvalue weighted by Crippen LogP contribution is -2.61. The highest BCUT2D eigenvalue weighted by Crippen LogP contribution is 2.26. The van der Waals surface area contributed by atoms with E-state index < -0.39 is 67.7 Å². The Morgan fingerprint density at radius 1 is 1.20 bits per heavy atom. The van der Waals surface area contributed by atoms with Crippen molar-refractivity contribution in [2.45, 2.75) is 76.0 Å². The fourth-order valence-electron chi connectivity index (χ4n) is 2.47. The van der Waals surface area contributed by atoms with Crippen LogP contribution >= 0.6 is 0 Å². The molecule has 0 aromatic heterocycles. The molecule has 146 valence electrons. The third kappa shape index (κ3) is 6.49. The van der Waals surface area contributed by atoms with Crippen LogP contribution in [0.5, 0.6) is 0 Å². The van der Waals surface area contributed by atoms with Crippen LogP contribution in [0.3, 0.4) is 0 Å². The van der Waals surface area contributed by atoms with Crippen LogP contribution in [0.2, 0.25) is 0 Å². The van der Waals surface area contributed by atoms with Gasteiger partial charge < -0.3 is 39.7 Å². The molecule has 1 saturated heterocycles. The fraction of sp³-hybridized carbons (Fsp3) is 0.867. The minimum absolute atomic E-state index is 0.323. The minimum atomic E-state index is -1.85. The Kier molecular flexibility index (Phi) is 7.72. The van der Waals surface area contributed by atoms with E-state index in [-0.39, 0.29) is 6.10 Å². The SMILES string of the molecule is CC(C)O[C@@H]1O[C@@H](CO)[C@@H](OC(=O)C[C@](C)(O)CC(=O)O)[C@@H](O)[C@@H]1O. The molecular formula is C15H26O10. The first-order valence-electron chi connectivity index (χ1n) is 7.88. The first-order chi connectivity index (χ1) is 11.5. The Balaban J connectivity index is 2.76. The topological polar surface area (TPSA) is 163 Å². The van der Waals surface area contributed by atoms with E-state index in [2.05, 4.69) is 0 Å². The molecule has 0 bridgehead atoms. The van der Waals surface area contributed by atoms with E-state index >= 15 is 0 Å². The molecule has 0 saturated carbocycles. The van der Waals surface area contributed by atoms with Crippen LogP contribution in [0.25, 0.3) is 0 Å². The van der Waals surface area contributed by atoms with Crippen LogP contribution < -0.4 is 0 Å². The number of carbonyl (C=O) groups excluding carboxylic acids is 1. The second-order valence-electron chi connectivity index (χ2n) is 6.59. The summed E-state index contributed by atoms with van der Waals surface area (Å²) in [6.45, 7) is 3.91. The highest BCUT2D eigenvalue weighted by atomic mass is 16.7. The molecule has 25 heavy (non-hydrogen) atoms. The molecule has 10 heteroatoms. The number of carboxylic acids is 1. The summed E-state index contributed by atoms with van der Waals surface area (Å²) in [6.07, 6.45) is -8.54. The van der Waals surface area contributed by atoms with E-state index in [1.54, 1.807) is 13.8 Å². The van der Waals surface area contributed by atoms with Gasteiger partial charge in [0.1, 0.15) is 18.3 Å². The third-order valence-electron chi connectivity index (χ3n) is 3.55. The van der Waals surface area contributed by atoms with Gasteiger partial charge in [-0.3, -0.25) is 9.59 Å². The van der Waals surface area contributed by atoms with Gasteiger partial charge in [0.25, 0.3) is 0 Å². The molecule has 5 N–H and O–H groups in total. The van der Waals surface area contributed by atoms with E-state index in [1.807, 2.05) is 0 Å². The van der Waals surface area contributed by atoms with Crippen LogP contribution in [-0.2, 0) is 23.8 Å². The summed E-state index contributed by atoms with van der Waals surface area (Å²) < 4.78 is 15.6. The minimum Gasteiger partial charge on any atom is -0.481 e. The summed E-state index contributed by atoms with van der Waals surface area (Å²) in [4.78, 5) is 22.6. The number of carboxylic acid groups (broad SMARTS) is 1. The summed E-state index contributed by atoms with van der Waals surface area (Å²) in [7, 11) is 0. The number of hydrogen-bond acceptors (Lipinski definition) is 9. The number of carbonyl (C=O) groups is 2. The molecule has 10 nitrogen and oxygen atoms in total. The average molecular weight is 366 g/mol. The third-order valence-corrected chi connectivity index (χ3v) is 3.55. The van der Waals surface area contributed by atoms with Gasteiger partial charge in [0.15, 0.2) is 12.4 Å². The smallest absolute Gasteiger partial charge is 0.309 e.